The zero-order valence-electron chi connectivity index (χ0n) is 19.7. The summed E-state index contributed by atoms with van der Waals surface area (Å²) < 4.78 is 7.78. The van der Waals surface area contributed by atoms with Crippen LogP contribution >= 0.6 is 11.6 Å². The number of ether oxygens (including phenoxy) is 1. The lowest BCUT2D eigenvalue weighted by atomic mass is 9.80. The molecule has 1 aromatic carbocycles. The molecule has 0 saturated heterocycles. The first-order valence-corrected chi connectivity index (χ1v) is 12.1. The van der Waals surface area contributed by atoms with Crippen molar-refractivity contribution in [3.63, 3.8) is 0 Å². The predicted octanol–water partition coefficient (Wildman–Crippen LogP) is 5.40. The molecule has 3 aromatic rings. The van der Waals surface area contributed by atoms with Gasteiger partial charge in [-0.2, -0.15) is 10.2 Å². The van der Waals surface area contributed by atoms with Gasteiger partial charge in [0, 0.05) is 23.1 Å². The van der Waals surface area contributed by atoms with Crippen LogP contribution < -0.4 is 0 Å². The van der Waals surface area contributed by atoms with Crippen LogP contribution in [0.15, 0.2) is 36.5 Å². The lowest BCUT2D eigenvalue weighted by molar-refractivity contribution is 0.0214. The van der Waals surface area contributed by atoms with Gasteiger partial charge in [0.1, 0.15) is 11.4 Å². The van der Waals surface area contributed by atoms with Crippen molar-refractivity contribution < 1.29 is 9.53 Å². The van der Waals surface area contributed by atoms with E-state index in [4.69, 9.17) is 16.3 Å². The number of benzene rings is 1. The standard InChI is InChI=1S/C25H29ClN6O2/c1-25(2,3)34-24(33)31-14-18-13-19(26)10-11-21(18)32-22(15-31)29-30-23(32)17-8-6-16(7-9-17)20-5-4-12-27-28-20/h4-5,10-13,16-17H,6-9,14-15H2,1-3H3. The second-order valence-corrected chi connectivity index (χ2v) is 10.6. The maximum Gasteiger partial charge on any atom is 0.411 e. The summed E-state index contributed by atoms with van der Waals surface area (Å²) in [6, 6.07) is 9.80. The van der Waals surface area contributed by atoms with Gasteiger partial charge in [-0.1, -0.05) is 11.6 Å². The van der Waals surface area contributed by atoms with Crippen LogP contribution in [0.4, 0.5) is 4.79 Å². The summed E-state index contributed by atoms with van der Waals surface area (Å²) in [5, 5.41) is 18.1. The Morgan fingerprint density at radius 3 is 2.50 bits per heavy atom. The van der Waals surface area contributed by atoms with Crippen LogP contribution in [0, 0.1) is 0 Å². The highest BCUT2D eigenvalue weighted by Crippen LogP contribution is 2.41. The lowest BCUT2D eigenvalue weighted by Crippen LogP contribution is -2.35. The van der Waals surface area contributed by atoms with Crippen molar-refractivity contribution in [1.29, 1.82) is 0 Å². The molecule has 3 heterocycles. The topological polar surface area (TPSA) is 86.0 Å². The van der Waals surface area contributed by atoms with E-state index in [2.05, 4.69) is 31.0 Å². The number of nitrogens with zero attached hydrogens (tertiary/aromatic N) is 6. The lowest BCUT2D eigenvalue weighted by Gasteiger charge is -2.27. The van der Waals surface area contributed by atoms with Crippen molar-refractivity contribution in [3.05, 3.63) is 64.5 Å². The predicted molar refractivity (Wildman–Crippen MR) is 128 cm³/mol. The maximum atomic E-state index is 13.0. The van der Waals surface area contributed by atoms with Gasteiger partial charge in [0.05, 0.1) is 24.5 Å². The third kappa shape index (κ3) is 4.64. The highest BCUT2D eigenvalue weighted by atomic mass is 35.5. The largest absolute Gasteiger partial charge is 0.444 e. The minimum Gasteiger partial charge on any atom is -0.444 e. The van der Waals surface area contributed by atoms with Gasteiger partial charge < -0.3 is 4.74 Å². The SMILES string of the molecule is CC(C)(C)OC(=O)N1Cc2cc(Cl)ccc2-n2c(nnc2C2CCC(c3cccnn3)CC2)C1. The Hall–Kier alpha value is -3.00. The monoisotopic (exact) mass is 480 g/mol. The normalized spacial score (nSPS) is 20.3. The first-order chi connectivity index (χ1) is 16.3. The Balaban J connectivity index is 1.45. The van der Waals surface area contributed by atoms with Gasteiger partial charge in [-0.25, -0.2) is 4.79 Å². The Morgan fingerprint density at radius 2 is 1.79 bits per heavy atom. The molecule has 1 aliphatic carbocycles. The first-order valence-electron chi connectivity index (χ1n) is 11.8. The highest BCUT2D eigenvalue weighted by molar-refractivity contribution is 6.30. The summed E-state index contributed by atoms with van der Waals surface area (Å²) in [6.07, 6.45) is 5.40. The Kier molecular flexibility index (Phi) is 6.02. The van der Waals surface area contributed by atoms with Crippen molar-refractivity contribution in [2.75, 3.05) is 0 Å². The average molecular weight is 481 g/mol. The van der Waals surface area contributed by atoms with Crippen LogP contribution in [-0.4, -0.2) is 41.6 Å². The third-order valence-electron chi connectivity index (χ3n) is 6.49. The van der Waals surface area contributed by atoms with Crippen LogP contribution in [0.3, 0.4) is 0 Å². The fourth-order valence-corrected chi connectivity index (χ4v) is 5.12. The van der Waals surface area contributed by atoms with E-state index < -0.39 is 5.60 Å². The van der Waals surface area contributed by atoms with Gasteiger partial charge >= 0.3 is 6.09 Å². The minimum atomic E-state index is -0.582. The van der Waals surface area contributed by atoms with Gasteiger partial charge in [-0.05, 0) is 82.3 Å². The number of hydrogen-bond donors (Lipinski definition) is 0. The van der Waals surface area contributed by atoms with E-state index >= 15 is 0 Å². The van der Waals surface area contributed by atoms with Crippen LogP contribution in [0.2, 0.25) is 5.02 Å². The Labute approximate surface area is 204 Å². The van der Waals surface area contributed by atoms with Gasteiger partial charge in [-0.3, -0.25) is 9.47 Å². The molecule has 1 fully saturated rings. The molecule has 9 heteroatoms. The molecule has 8 nitrogen and oxygen atoms in total. The average Bonchev–Trinajstić information content (AvgIpc) is 3.14. The van der Waals surface area contributed by atoms with Gasteiger partial charge in [0.25, 0.3) is 0 Å². The first kappa shape index (κ1) is 22.8. The number of amides is 1. The molecule has 34 heavy (non-hydrogen) atoms. The molecule has 0 bridgehead atoms. The van der Waals surface area contributed by atoms with E-state index in [9.17, 15) is 4.79 Å². The summed E-state index contributed by atoms with van der Waals surface area (Å²) >= 11 is 6.34. The minimum absolute atomic E-state index is 0.283. The number of aromatic nitrogens is 5. The van der Waals surface area contributed by atoms with E-state index in [1.807, 2.05) is 45.0 Å². The van der Waals surface area contributed by atoms with Crippen molar-refractivity contribution in [1.82, 2.24) is 29.9 Å². The molecular weight excluding hydrogens is 452 g/mol. The Bertz CT molecular complexity index is 1180. The fourth-order valence-electron chi connectivity index (χ4n) is 4.92. The van der Waals surface area contributed by atoms with Gasteiger partial charge in [-0.15, -0.1) is 10.2 Å². The molecule has 0 spiro atoms. The zero-order valence-corrected chi connectivity index (χ0v) is 20.5. The van der Waals surface area contributed by atoms with Gasteiger partial charge in [0.15, 0.2) is 5.82 Å². The molecule has 1 saturated carbocycles. The van der Waals surface area contributed by atoms with Crippen molar-refractivity contribution in [2.45, 2.75) is 77.0 Å². The molecule has 5 rings (SSSR count). The van der Waals surface area contributed by atoms with Crippen LogP contribution in [0.25, 0.3) is 5.69 Å². The molecule has 178 valence electrons. The third-order valence-corrected chi connectivity index (χ3v) is 6.72. The van der Waals surface area contributed by atoms with E-state index in [1.165, 1.54) is 0 Å². The zero-order chi connectivity index (χ0) is 23.9. The molecule has 0 atom stereocenters. The van der Waals surface area contributed by atoms with Gasteiger partial charge in [0.2, 0.25) is 0 Å². The molecule has 0 N–H and O–H groups in total. The van der Waals surface area contributed by atoms with E-state index in [0.29, 0.717) is 24.0 Å². The second kappa shape index (κ2) is 8.98. The molecule has 2 aromatic heterocycles. The summed E-state index contributed by atoms with van der Waals surface area (Å²) in [5.74, 6) is 2.39. The number of rotatable bonds is 2. The van der Waals surface area contributed by atoms with E-state index in [1.54, 1.807) is 11.1 Å². The highest BCUT2D eigenvalue weighted by Gasteiger charge is 2.33. The van der Waals surface area contributed by atoms with Crippen molar-refractivity contribution >= 4 is 17.7 Å². The summed E-state index contributed by atoms with van der Waals surface area (Å²) in [6.45, 7) is 6.32. The Morgan fingerprint density at radius 1 is 1.03 bits per heavy atom. The number of halogens is 1. The molecule has 2 aliphatic rings. The summed E-state index contributed by atoms with van der Waals surface area (Å²) in [5.41, 5.74) is 2.41. The molecule has 1 aliphatic heterocycles. The number of hydrogen-bond acceptors (Lipinski definition) is 6. The molecule has 1 amide bonds. The molecule has 0 unspecified atom stereocenters. The van der Waals surface area contributed by atoms with Crippen molar-refractivity contribution in [2.24, 2.45) is 0 Å². The maximum absolute atomic E-state index is 13.0. The number of carbonyl (C=O) groups is 1. The fraction of sp³-hybridized carbons (Fsp3) is 0.480. The smallest absolute Gasteiger partial charge is 0.411 e. The second-order valence-electron chi connectivity index (χ2n) is 10.1. The van der Waals surface area contributed by atoms with E-state index in [-0.39, 0.29) is 12.0 Å². The van der Waals surface area contributed by atoms with Crippen LogP contribution in [0.1, 0.15) is 81.2 Å². The number of fused-ring (bicyclic) bond motifs is 3. The molecular formula is C25H29ClN6O2. The van der Waals surface area contributed by atoms with Crippen LogP contribution in [0.5, 0.6) is 0 Å². The number of carbonyl (C=O) groups excluding carboxylic acids is 1. The van der Waals surface area contributed by atoms with E-state index in [0.717, 1.165) is 54.3 Å². The summed E-state index contributed by atoms with van der Waals surface area (Å²) in [4.78, 5) is 14.6. The molecule has 0 radical (unpaired) electrons. The van der Waals surface area contributed by atoms with Crippen LogP contribution in [-0.2, 0) is 17.8 Å². The summed E-state index contributed by atoms with van der Waals surface area (Å²) in [7, 11) is 0. The quantitative estimate of drug-likeness (QED) is 0.488. The van der Waals surface area contributed by atoms with Crippen molar-refractivity contribution in [3.8, 4) is 5.69 Å².